The van der Waals surface area contributed by atoms with Gasteiger partial charge in [0.1, 0.15) is 9.77 Å². The molecule has 3 heterocycles. The summed E-state index contributed by atoms with van der Waals surface area (Å²) >= 11 is 1.12. The van der Waals surface area contributed by atoms with Gasteiger partial charge in [-0.3, -0.25) is 4.90 Å². The molecule has 0 spiro atoms. The molecule has 1 aromatic heterocycles. The molecule has 0 amide bonds. The number of carbonyl (C=O) groups excluding carboxylic acids is 1. The van der Waals surface area contributed by atoms with Crippen molar-refractivity contribution in [1.82, 2.24) is 14.5 Å². The summed E-state index contributed by atoms with van der Waals surface area (Å²) in [6, 6.07) is 0.252. The van der Waals surface area contributed by atoms with Crippen LogP contribution in [0.3, 0.4) is 0 Å². The summed E-state index contributed by atoms with van der Waals surface area (Å²) in [5, 5.41) is 5.01. The summed E-state index contributed by atoms with van der Waals surface area (Å²) < 4.78 is 32.4. The molecule has 0 radical (unpaired) electrons. The van der Waals surface area contributed by atoms with Gasteiger partial charge in [0.2, 0.25) is 10.0 Å². The Morgan fingerprint density at radius 1 is 1.33 bits per heavy atom. The van der Waals surface area contributed by atoms with Crippen molar-refractivity contribution < 1.29 is 17.9 Å². The fourth-order valence-corrected chi connectivity index (χ4v) is 6.54. The van der Waals surface area contributed by atoms with Crippen LogP contribution in [0.5, 0.6) is 0 Å². The average molecular weight is 374 g/mol. The SMILES string of the molecule is COC(=O)c1scc(C)c1S(=O)(=O)N1CCC(N2CCNCC2)C1. The third-order valence-electron chi connectivity index (χ3n) is 4.68. The summed E-state index contributed by atoms with van der Waals surface area (Å²) in [6.07, 6.45) is 0.829. The summed E-state index contributed by atoms with van der Waals surface area (Å²) in [4.78, 5) is 14.5. The number of methoxy groups -OCH3 is 1. The summed E-state index contributed by atoms with van der Waals surface area (Å²) in [5.41, 5.74) is 0.603. The molecule has 2 aliphatic heterocycles. The van der Waals surface area contributed by atoms with Gasteiger partial charge in [-0.25, -0.2) is 13.2 Å². The fourth-order valence-electron chi connectivity index (χ4n) is 3.39. The quantitative estimate of drug-likeness (QED) is 0.775. The summed E-state index contributed by atoms with van der Waals surface area (Å²) in [7, 11) is -2.41. The minimum Gasteiger partial charge on any atom is -0.465 e. The van der Waals surface area contributed by atoms with Crippen LogP contribution in [-0.4, -0.2) is 76.0 Å². The second-order valence-corrected chi connectivity index (χ2v) is 8.91. The fraction of sp³-hybridized carbons (Fsp3) is 0.667. The second kappa shape index (κ2) is 7.09. The molecule has 24 heavy (non-hydrogen) atoms. The molecule has 2 aliphatic rings. The van der Waals surface area contributed by atoms with Gasteiger partial charge in [0.25, 0.3) is 0 Å². The minimum atomic E-state index is -3.68. The van der Waals surface area contributed by atoms with Crippen molar-refractivity contribution in [2.45, 2.75) is 24.3 Å². The van der Waals surface area contributed by atoms with E-state index in [-0.39, 0.29) is 15.8 Å². The average Bonchev–Trinajstić information content (AvgIpc) is 3.22. The van der Waals surface area contributed by atoms with Crippen molar-refractivity contribution in [3.63, 3.8) is 0 Å². The molecule has 1 aromatic rings. The smallest absolute Gasteiger partial charge is 0.349 e. The van der Waals surface area contributed by atoms with Crippen LogP contribution in [0.2, 0.25) is 0 Å². The third kappa shape index (κ3) is 3.23. The van der Waals surface area contributed by atoms with Crippen LogP contribution in [0.25, 0.3) is 0 Å². The van der Waals surface area contributed by atoms with Crippen LogP contribution < -0.4 is 5.32 Å². The van der Waals surface area contributed by atoms with Crippen molar-refractivity contribution in [2.75, 3.05) is 46.4 Å². The lowest BCUT2D eigenvalue weighted by molar-refractivity contribution is 0.0602. The maximum Gasteiger partial charge on any atom is 0.349 e. The van der Waals surface area contributed by atoms with Crippen LogP contribution in [0.4, 0.5) is 0 Å². The Morgan fingerprint density at radius 2 is 2.04 bits per heavy atom. The van der Waals surface area contributed by atoms with E-state index < -0.39 is 16.0 Å². The van der Waals surface area contributed by atoms with Crippen LogP contribution in [-0.2, 0) is 14.8 Å². The van der Waals surface area contributed by atoms with Crippen molar-refractivity contribution in [2.24, 2.45) is 0 Å². The van der Waals surface area contributed by atoms with E-state index >= 15 is 0 Å². The maximum absolute atomic E-state index is 13.1. The number of nitrogens with one attached hydrogen (secondary N) is 1. The zero-order chi connectivity index (χ0) is 17.3. The van der Waals surface area contributed by atoms with E-state index in [0.717, 1.165) is 43.9 Å². The topological polar surface area (TPSA) is 79.0 Å². The Balaban J connectivity index is 1.82. The highest BCUT2D eigenvalue weighted by molar-refractivity contribution is 7.89. The maximum atomic E-state index is 13.1. The highest BCUT2D eigenvalue weighted by atomic mass is 32.2. The Labute approximate surface area is 146 Å². The number of ether oxygens (including phenoxy) is 1. The monoisotopic (exact) mass is 373 g/mol. The van der Waals surface area contributed by atoms with Crippen LogP contribution >= 0.6 is 11.3 Å². The van der Waals surface area contributed by atoms with E-state index in [4.69, 9.17) is 4.74 Å². The predicted octanol–water partition coefficient (Wildman–Crippen LogP) is 0.511. The number of nitrogens with zero attached hydrogens (tertiary/aromatic N) is 2. The van der Waals surface area contributed by atoms with Crippen molar-refractivity contribution in [3.8, 4) is 0 Å². The number of rotatable bonds is 4. The summed E-state index contributed by atoms with van der Waals surface area (Å²) in [5.74, 6) is -0.593. The molecule has 0 bridgehead atoms. The lowest BCUT2D eigenvalue weighted by Gasteiger charge is -2.32. The van der Waals surface area contributed by atoms with Gasteiger partial charge in [0.05, 0.1) is 7.11 Å². The highest BCUT2D eigenvalue weighted by Gasteiger charge is 2.38. The number of sulfonamides is 1. The summed E-state index contributed by atoms with van der Waals surface area (Å²) in [6.45, 7) is 6.48. The van der Waals surface area contributed by atoms with Gasteiger partial charge in [0.15, 0.2) is 0 Å². The van der Waals surface area contributed by atoms with Gasteiger partial charge in [-0.2, -0.15) is 4.31 Å². The van der Waals surface area contributed by atoms with Gasteiger partial charge in [-0.05, 0) is 24.3 Å². The number of thiophene rings is 1. The Bertz CT molecular complexity index is 710. The second-order valence-electron chi connectivity index (χ2n) is 6.16. The van der Waals surface area contributed by atoms with Gasteiger partial charge in [-0.15, -0.1) is 11.3 Å². The minimum absolute atomic E-state index is 0.111. The molecule has 0 saturated carbocycles. The predicted molar refractivity (Wildman–Crippen MR) is 92.0 cm³/mol. The van der Waals surface area contributed by atoms with Crippen molar-refractivity contribution in [1.29, 1.82) is 0 Å². The number of aryl methyl sites for hydroxylation is 1. The number of esters is 1. The van der Waals surface area contributed by atoms with Gasteiger partial charge in [-0.1, -0.05) is 0 Å². The first-order valence-electron chi connectivity index (χ1n) is 8.06. The highest BCUT2D eigenvalue weighted by Crippen LogP contribution is 2.32. The largest absolute Gasteiger partial charge is 0.465 e. The number of carbonyl (C=O) groups is 1. The van der Waals surface area contributed by atoms with Crippen molar-refractivity contribution in [3.05, 3.63) is 15.8 Å². The molecule has 1 N–H and O–H groups in total. The van der Waals surface area contributed by atoms with E-state index in [1.807, 2.05) is 0 Å². The molecular weight excluding hydrogens is 350 g/mol. The molecule has 2 saturated heterocycles. The lowest BCUT2D eigenvalue weighted by atomic mass is 10.2. The molecule has 1 unspecified atom stereocenters. The molecule has 1 atom stereocenters. The molecular formula is C15H23N3O4S2. The van der Waals surface area contributed by atoms with Gasteiger partial charge in [0, 0.05) is 45.3 Å². The molecule has 9 heteroatoms. The van der Waals surface area contributed by atoms with Crippen molar-refractivity contribution >= 4 is 27.3 Å². The zero-order valence-corrected chi connectivity index (χ0v) is 15.6. The van der Waals surface area contributed by atoms with Gasteiger partial charge < -0.3 is 10.1 Å². The standard InChI is InChI=1S/C15H23N3O4S2/c1-11-10-23-13(15(19)22-2)14(11)24(20,21)18-6-3-12(9-18)17-7-4-16-5-8-17/h10,12,16H,3-9H2,1-2H3. The first-order valence-corrected chi connectivity index (χ1v) is 10.4. The Hall–Kier alpha value is -1.00. The van der Waals surface area contributed by atoms with Gasteiger partial charge >= 0.3 is 5.97 Å². The number of piperazine rings is 1. The Morgan fingerprint density at radius 3 is 2.71 bits per heavy atom. The number of hydrogen-bond acceptors (Lipinski definition) is 7. The van der Waals surface area contributed by atoms with E-state index in [0.29, 0.717) is 18.7 Å². The van der Waals surface area contributed by atoms with E-state index in [9.17, 15) is 13.2 Å². The zero-order valence-electron chi connectivity index (χ0n) is 13.9. The van der Waals surface area contributed by atoms with E-state index in [2.05, 4.69) is 10.2 Å². The molecule has 2 fully saturated rings. The number of hydrogen-bond donors (Lipinski definition) is 1. The lowest BCUT2D eigenvalue weighted by Crippen LogP contribution is -2.49. The first kappa shape index (κ1) is 17.8. The third-order valence-corrected chi connectivity index (χ3v) is 7.94. The molecule has 7 nitrogen and oxygen atoms in total. The Kier molecular flexibility index (Phi) is 5.26. The molecule has 0 aliphatic carbocycles. The molecule has 0 aromatic carbocycles. The van der Waals surface area contributed by atoms with E-state index in [1.165, 1.54) is 11.4 Å². The molecule has 134 valence electrons. The van der Waals surface area contributed by atoms with E-state index in [1.54, 1.807) is 12.3 Å². The normalized spacial score (nSPS) is 23.5. The first-order chi connectivity index (χ1) is 11.4. The van der Waals surface area contributed by atoms with Crippen LogP contribution in [0, 0.1) is 6.92 Å². The molecule has 3 rings (SSSR count). The van der Waals surface area contributed by atoms with Crippen LogP contribution in [0.1, 0.15) is 21.7 Å². The van der Waals surface area contributed by atoms with Crippen LogP contribution in [0.15, 0.2) is 10.3 Å².